The van der Waals surface area contributed by atoms with E-state index in [0.29, 0.717) is 5.56 Å². The van der Waals surface area contributed by atoms with E-state index in [-0.39, 0.29) is 5.56 Å². The molecule has 5 nitrogen and oxygen atoms in total. The number of rotatable bonds is 1. The third-order valence-electron chi connectivity index (χ3n) is 2.21. The molecule has 0 aliphatic rings. The molecule has 0 bridgehead atoms. The van der Waals surface area contributed by atoms with Crippen LogP contribution in [0.4, 0.5) is 0 Å². The number of aromatic nitrogens is 1. The highest BCUT2D eigenvalue weighted by Crippen LogP contribution is 2.38. The lowest BCUT2D eigenvalue weighted by Crippen LogP contribution is -2.05. The van der Waals surface area contributed by atoms with Crippen LogP contribution in [-0.2, 0) is 0 Å². The van der Waals surface area contributed by atoms with E-state index in [4.69, 9.17) is 0 Å². The average Bonchev–Trinajstić information content (AvgIpc) is 2.28. The summed E-state index contributed by atoms with van der Waals surface area (Å²) in [5.41, 5.74) is -0.448. The van der Waals surface area contributed by atoms with Gasteiger partial charge in [-0.2, -0.15) is 0 Å². The Balaban J connectivity index is 2.76. The molecule has 0 saturated carbocycles. The summed E-state index contributed by atoms with van der Waals surface area (Å²) < 4.78 is 0. The van der Waals surface area contributed by atoms with Crippen molar-refractivity contribution in [2.24, 2.45) is 0 Å². The van der Waals surface area contributed by atoms with Crippen LogP contribution in [0.15, 0.2) is 35.1 Å². The molecule has 2 aromatic rings. The highest BCUT2D eigenvalue weighted by Gasteiger charge is 2.17. The first-order chi connectivity index (χ1) is 7.61. The molecule has 0 fully saturated rings. The van der Waals surface area contributed by atoms with Gasteiger partial charge in [0.15, 0.2) is 5.75 Å². The third kappa shape index (κ3) is 1.48. The maximum Gasteiger partial charge on any atom is 0.296 e. The van der Waals surface area contributed by atoms with Crippen molar-refractivity contribution >= 4 is 0 Å². The molecule has 0 atom stereocenters. The minimum atomic E-state index is -0.935. The van der Waals surface area contributed by atoms with Crippen LogP contribution in [0.1, 0.15) is 0 Å². The summed E-state index contributed by atoms with van der Waals surface area (Å²) in [7, 11) is 0. The standard InChI is InChI=1S/C11H9NO4/c13-8-7(6-4-2-1-3-5-6)10(15)12-11(16)9(8)14/h1-5,14H,(H3,12,13,15,16). The zero-order valence-electron chi connectivity index (χ0n) is 8.14. The molecule has 0 unspecified atom stereocenters. The van der Waals surface area contributed by atoms with E-state index < -0.39 is 22.9 Å². The Bertz CT molecular complexity index is 575. The summed E-state index contributed by atoms with van der Waals surface area (Å²) >= 11 is 0. The van der Waals surface area contributed by atoms with Crippen molar-refractivity contribution in [2.45, 2.75) is 0 Å². The van der Waals surface area contributed by atoms with Gasteiger partial charge in [0.05, 0.1) is 5.56 Å². The van der Waals surface area contributed by atoms with Crippen LogP contribution in [0, 0.1) is 0 Å². The van der Waals surface area contributed by atoms with Gasteiger partial charge in [0, 0.05) is 0 Å². The van der Waals surface area contributed by atoms with E-state index in [2.05, 4.69) is 0 Å². The summed E-state index contributed by atoms with van der Waals surface area (Å²) in [6.45, 7) is 0. The van der Waals surface area contributed by atoms with Crippen molar-refractivity contribution in [3.05, 3.63) is 40.7 Å². The second-order valence-electron chi connectivity index (χ2n) is 3.24. The Hall–Kier alpha value is -2.43. The summed E-state index contributed by atoms with van der Waals surface area (Å²) in [6, 6.07) is 8.44. The van der Waals surface area contributed by atoms with Gasteiger partial charge >= 0.3 is 0 Å². The quantitative estimate of drug-likeness (QED) is 0.579. The topological polar surface area (TPSA) is 93.6 Å². The molecule has 5 heteroatoms. The van der Waals surface area contributed by atoms with Crippen LogP contribution < -0.4 is 5.56 Å². The van der Waals surface area contributed by atoms with Gasteiger partial charge in [0.25, 0.3) is 5.56 Å². The van der Waals surface area contributed by atoms with Gasteiger partial charge in [0.1, 0.15) is 0 Å². The SMILES string of the molecule is O=c1[nH]c(O)c(-c2ccccc2)c(O)c1O. The van der Waals surface area contributed by atoms with Crippen LogP contribution in [0.25, 0.3) is 11.1 Å². The summed E-state index contributed by atoms with van der Waals surface area (Å²) in [6.07, 6.45) is 0. The molecular weight excluding hydrogens is 210 g/mol. The Kier molecular flexibility index (Phi) is 2.28. The molecule has 0 spiro atoms. The van der Waals surface area contributed by atoms with E-state index in [9.17, 15) is 20.1 Å². The first-order valence-electron chi connectivity index (χ1n) is 4.54. The number of H-pyrrole nitrogens is 1. The number of nitrogens with one attached hydrogen (secondary N) is 1. The molecule has 0 aliphatic carbocycles. The predicted octanol–water partition coefficient (Wildman–Crippen LogP) is 1.16. The van der Waals surface area contributed by atoms with Crippen LogP contribution in [-0.4, -0.2) is 20.3 Å². The van der Waals surface area contributed by atoms with E-state index in [0.717, 1.165) is 0 Å². The number of pyridine rings is 1. The smallest absolute Gasteiger partial charge is 0.296 e. The molecule has 2 rings (SSSR count). The zero-order chi connectivity index (χ0) is 11.7. The van der Waals surface area contributed by atoms with Gasteiger partial charge in [-0.15, -0.1) is 0 Å². The number of benzene rings is 1. The second kappa shape index (κ2) is 3.62. The van der Waals surface area contributed by atoms with Crippen LogP contribution in [0.3, 0.4) is 0 Å². The van der Waals surface area contributed by atoms with Crippen molar-refractivity contribution in [3.8, 4) is 28.5 Å². The number of hydrogen-bond acceptors (Lipinski definition) is 4. The first-order valence-corrected chi connectivity index (χ1v) is 4.54. The molecule has 82 valence electrons. The lowest BCUT2D eigenvalue weighted by atomic mass is 10.1. The number of hydrogen-bond donors (Lipinski definition) is 4. The second-order valence-corrected chi connectivity index (χ2v) is 3.24. The van der Waals surface area contributed by atoms with Crippen molar-refractivity contribution in [2.75, 3.05) is 0 Å². The van der Waals surface area contributed by atoms with Crippen LogP contribution in [0.2, 0.25) is 0 Å². The minimum absolute atomic E-state index is 0.00213. The molecule has 0 aliphatic heterocycles. The Morgan fingerprint density at radius 3 is 2.19 bits per heavy atom. The van der Waals surface area contributed by atoms with E-state index in [1.165, 1.54) is 0 Å². The lowest BCUT2D eigenvalue weighted by molar-refractivity contribution is 0.386. The van der Waals surface area contributed by atoms with E-state index in [1.807, 2.05) is 4.98 Å². The van der Waals surface area contributed by atoms with Crippen molar-refractivity contribution in [3.63, 3.8) is 0 Å². The Morgan fingerprint density at radius 2 is 1.56 bits per heavy atom. The average molecular weight is 219 g/mol. The van der Waals surface area contributed by atoms with Gasteiger partial charge in [0.2, 0.25) is 11.6 Å². The molecule has 1 aromatic carbocycles. The fraction of sp³-hybridized carbons (Fsp3) is 0. The molecule has 0 saturated heterocycles. The monoisotopic (exact) mass is 219 g/mol. The number of aromatic hydroxyl groups is 3. The molecular formula is C11H9NO4. The van der Waals surface area contributed by atoms with Crippen molar-refractivity contribution in [1.82, 2.24) is 4.98 Å². The molecule has 1 heterocycles. The lowest BCUT2D eigenvalue weighted by Gasteiger charge is -2.07. The fourth-order valence-electron chi connectivity index (χ4n) is 1.45. The third-order valence-corrected chi connectivity index (χ3v) is 2.21. The van der Waals surface area contributed by atoms with Gasteiger partial charge in [-0.05, 0) is 5.56 Å². The van der Waals surface area contributed by atoms with Crippen molar-refractivity contribution < 1.29 is 15.3 Å². The minimum Gasteiger partial charge on any atom is -0.504 e. The number of aromatic amines is 1. The maximum absolute atomic E-state index is 11.0. The highest BCUT2D eigenvalue weighted by atomic mass is 16.3. The predicted molar refractivity (Wildman–Crippen MR) is 57.5 cm³/mol. The maximum atomic E-state index is 11.0. The first kappa shape index (κ1) is 10.1. The molecule has 0 amide bonds. The highest BCUT2D eigenvalue weighted by molar-refractivity contribution is 5.76. The fourth-order valence-corrected chi connectivity index (χ4v) is 1.45. The Labute approximate surface area is 90.3 Å². The van der Waals surface area contributed by atoms with Gasteiger partial charge in [-0.3, -0.25) is 9.78 Å². The Morgan fingerprint density at radius 1 is 0.938 bits per heavy atom. The summed E-state index contributed by atoms with van der Waals surface area (Å²) in [5.74, 6) is -1.92. The molecule has 16 heavy (non-hydrogen) atoms. The normalized spacial score (nSPS) is 10.2. The molecule has 4 N–H and O–H groups in total. The van der Waals surface area contributed by atoms with Crippen LogP contribution in [0.5, 0.6) is 17.4 Å². The van der Waals surface area contributed by atoms with Crippen LogP contribution >= 0.6 is 0 Å². The molecule has 0 radical (unpaired) electrons. The van der Waals surface area contributed by atoms with E-state index in [1.54, 1.807) is 30.3 Å². The zero-order valence-corrected chi connectivity index (χ0v) is 8.14. The largest absolute Gasteiger partial charge is 0.504 e. The summed E-state index contributed by atoms with van der Waals surface area (Å²) in [5, 5.41) is 28.4. The van der Waals surface area contributed by atoms with Gasteiger partial charge in [-0.25, -0.2) is 0 Å². The van der Waals surface area contributed by atoms with E-state index >= 15 is 0 Å². The molecule has 1 aromatic heterocycles. The van der Waals surface area contributed by atoms with Gasteiger partial charge < -0.3 is 15.3 Å². The summed E-state index contributed by atoms with van der Waals surface area (Å²) in [4.78, 5) is 13.1. The van der Waals surface area contributed by atoms with Crippen molar-refractivity contribution in [1.29, 1.82) is 0 Å². The van der Waals surface area contributed by atoms with Gasteiger partial charge in [-0.1, -0.05) is 30.3 Å².